The Kier molecular flexibility index (Phi) is 4.26. The van der Waals surface area contributed by atoms with Gasteiger partial charge in [0.1, 0.15) is 5.17 Å². The smallest absolute Gasteiger partial charge is 0.250 e. The predicted molar refractivity (Wildman–Crippen MR) is 54.7 cm³/mol. The molecule has 1 rings (SSSR count). The van der Waals surface area contributed by atoms with Crippen molar-refractivity contribution in [2.24, 2.45) is 4.99 Å². The highest BCUT2D eigenvalue weighted by Crippen LogP contribution is 2.36. The number of benzene rings is 1. The Labute approximate surface area is 103 Å². The highest BCUT2D eigenvalue weighted by molar-refractivity contribution is 6.69. The molecule has 0 amide bonds. The second-order valence-corrected chi connectivity index (χ2v) is 3.63. The van der Waals surface area contributed by atoms with E-state index in [0.717, 1.165) is 0 Å². The Morgan fingerprint density at radius 3 is 1.78 bits per heavy atom. The van der Waals surface area contributed by atoms with Gasteiger partial charge in [0.25, 0.3) is 0 Å². The Hall–Kier alpha value is -1.24. The molecule has 0 N–H and O–H groups in total. The summed E-state index contributed by atoms with van der Waals surface area (Å²) in [7, 11) is 0. The summed E-state index contributed by atoms with van der Waals surface area (Å²) >= 11 is 5.36. The fourth-order valence-corrected chi connectivity index (χ4v) is 1.32. The molecule has 100 valence electrons. The minimum absolute atomic E-state index is 0.0160. The number of aliphatic imine (C=N–C) groups is 1. The first kappa shape index (κ1) is 14.8. The molecule has 0 atom stereocenters. The summed E-state index contributed by atoms with van der Waals surface area (Å²) in [6.07, 6.45) is -11.1. The van der Waals surface area contributed by atoms with Crippen LogP contribution >= 0.6 is 11.6 Å². The van der Waals surface area contributed by atoms with Crippen LogP contribution in [0.5, 0.6) is 0 Å². The van der Waals surface area contributed by atoms with Crippen LogP contribution in [-0.2, 0) is 0 Å². The molecule has 0 unspecified atom stereocenters. The number of rotatable bonds is 2. The van der Waals surface area contributed by atoms with Crippen LogP contribution in [0.2, 0.25) is 0 Å². The van der Waals surface area contributed by atoms with Crippen molar-refractivity contribution in [3.63, 3.8) is 0 Å². The van der Waals surface area contributed by atoms with Gasteiger partial charge in [-0.3, -0.25) is 4.99 Å². The van der Waals surface area contributed by atoms with E-state index in [9.17, 15) is 26.3 Å². The molecule has 0 aliphatic carbocycles. The lowest BCUT2D eigenvalue weighted by Gasteiger charge is -2.19. The first-order valence-electron chi connectivity index (χ1n) is 4.54. The van der Waals surface area contributed by atoms with E-state index in [1.54, 1.807) is 6.07 Å². The second-order valence-electron chi connectivity index (χ2n) is 3.27. The molecule has 0 saturated heterocycles. The Morgan fingerprint density at radius 2 is 1.39 bits per heavy atom. The minimum Gasteiger partial charge on any atom is -0.250 e. The molecule has 0 spiro atoms. The molecule has 0 bridgehead atoms. The summed E-state index contributed by atoms with van der Waals surface area (Å²) < 4.78 is 73.2. The quantitative estimate of drug-likeness (QED) is 0.572. The standard InChI is InChI=1S/C10H6ClF6N/c11-7(6-4-2-1-3-5-6)18-8(9(12,13)14)10(15,16)17/h1-5,8H. The van der Waals surface area contributed by atoms with E-state index in [0.29, 0.717) is 0 Å². The van der Waals surface area contributed by atoms with Gasteiger partial charge in [0.05, 0.1) is 0 Å². The molecule has 0 fully saturated rings. The van der Waals surface area contributed by atoms with Crippen molar-refractivity contribution in [1.29, 1.82) is 0 Å². The van der Waals surface area contributed by atoms with Gasteiger partial charge in [-0.15, -0.1) is 0 Å². The van der Waals surface area contributed by atoms with Crippen molar-refractivity contribution in [2.45, 2.75) is 18.4 Å². The normalized spacial score (nSPS) is 14.1. The van der Waals surface area contributed by atoms with Gasteiger partial charge in [-0.05, 0) is 0 Å². The maximum Gasteiger partial charge on any atom is 0.419 e. The van der Waals surface area contributed by atoms with E-state index in [1.807, 2.05) is 0 Å². The van der Waals surface area contributed by atoms with E-state index < -0.39 is 23.6 Å². The van der Waals surface area contributed by atoms with E-state index in [-0.39, 0.29) is 5.56 Å². The fourth-order valence-electron chi connectivity index (χ4n) is 1.10. The summed E-state index contributed by atoms with van der Waals surface area (Å²) in [5, 5.41) is -0.838. The van der Waals surface area contributed by atoms with E-state index in [1.165, 1.54) is 24.3 Å². The third kappa shape index (κ3) is 3.90. The molecule has 8 heteroatoms. The molecular weight excluding hydrogens is 284 g/mol. The van der Waals surface area contributed by atoms with Gasteiger partial charge in [0.2, 0.25) is 6.04 Å². The molecule has 0 saturated carbocycles. The Balaban J connectivity index is 3.11. The molecule has 1 aromatic carbocycles. The lowest BCUT2D eigenvalue weighted by Crippen LogP contribution is -2.41. The van der Waals surface area contributed by atoms with Crippen LogP contribution < -0.4 is 0 Å². The second kappa shape index (κ2) is 5.17. The average Bonchev–Trinajstić information content (AvgIpc) is 2.23. The van der Waals surface area contributed by atoms with E-state index >= 15 is 0 Å². The largest absolute Gasteiger partial charge is 0.419 e. The summed E-state index contributed by atoms with van der Waals surface area (Å²) in [6.45, 7) is 0. The molecule has 18 heavy (non-hydrogen) atoms. The number of hydrogen-bond donors (Lipinski definition) is 0. The van der Waals surface area contributed by atoms with Gasteiger partial charge in [0, 0.05) is 5.56 Å². The van der Waals surface area contributed by atoms with E-state index in [4.69, 9.17) is 11.6 Å². The summed E-state index contributed by atoms with van der Waals surface area (Å²) in [4.78, 5) is 2.52. The van der Waals surface area contributed by atoms with Crippen molar-refractivity contribution in [1.82, 2.24) is 0 Å². The maximum absolute atomic E-state index is 12.2. The van der Waals surface area contributed by atoms with Crippen LogP contribution in [-0.4, -0.2) is 23.6 Å². The lowest BCUT2D eigenvalue weighted by molar-refractivity contribution is -0.247. The molecule has 0 aromatic heterocycles. The zero-order chi connectivity index (χ0) is 14.0. The summed E-state index contributed by atoms with van der Waals surface area (Å²) in [5.41, 5.74) is -0.0160. The SMILES string of the molecule is FC(F)(F)C(N=C(Cl)c1ccccc1)C(F)(F)F. The van der Waals surface area contributed by atoms with Gasteiger partial charge < -0.3 is 0 Å². The van der Waals surface area contributed by atoms with Crippen LogP contribution in [0, 0.1) is 0 Å². The van der Waals surface area contributed by atoms with E-state index in [2.05, 4.69) is 4.99 Å². The zero-order valence-electron chi connectivity index (χ0n) is 8.56. The predicted octanol–water partition coefficient (Wildman–Crippen LogP) is 4.17. The third-order valence-corrected chi connectivity index (χ3v) is 2.19. The molecule has 1 aromatic rings. The first-order chi connectivity index (χ1) is 8.12. The highest BCUT2D eigenvalue weighted by atomic mass is 35.5. The number of halogens is 7. The van der Waals surface area contributed by atoms with Crippen LogP contribution in [0.4, 0.5) is 26.3 Å². The molecule has 1 nitrogen and oxygen atoms in total. The van der Waals surface area contributed by atoms with Crippen LogP contribution in [0.25, 0.3) is 0 Å². The highest BCUT2D eigenvalue weighted by Gasteiger charge is 2.57. The monoisotopic (exact) mass is 289 g/mol. The lowest BCUT2D eigenvalue weighted by atomic mass is 10.2. The first-order valence-corrected chi connectivity index (χ1v) is 4.92. The number of alkyl halides is 6. The van der Waals surface area contributed by atoms with Gasteiger partial charge in [-0.2, -0.15) is 26.3 Å². The van der Waals surface area contributed by atoms with Crippen molar-refractivity contribution >= 4 is 16.8 Å². The van der Waals surface area contributed by atoms with Crippen LogP contribution in [0.15, 0.2) is 35.3 Å². The van der Waals surface area contributed by atoms with Gasteiger partial charge in [0.15, 0.2) is 0 Å². The molecule has 0 radical (unpaired) electrons. The van der Waals surface area contributed by atoms with Gasteiger partial charge in [-0.25, -0.2) is 0 Å². The Bertz CT molecular complexity index is 408. The van der Waals surface area contributed by atoms with Crippen molar-refractivity contribution in [3.05, 3.63) is 35.9 Å². The van der Waals surface area contributed by atoms with Crippen LogP contribution in [0.1, 0.15) is 5.56 Å². The van der Waals surface area contributed by atoms with Gasteiger partial charge >= 0.3 is 12.4 Å². The van der Waals surface area contributed by atoms with Crippen molar-refractivity contribution < 1.29 is 26.3 Å². The number of nitrogens with zero attached hydrogens (tertiary/aromatic N) is 1. The maximum atomic E-state index is 12.2. The topological polar surface area (TPSA) is 12.4 Å². The Morgan fingerprint density at radius 1 is 0.944 bits per heavy atom. The zero-order valence-corrected chi connectivity index (χ0v) is 9.31. The molecule has 0 aliphatic heterocycles. The third-order valence-electron chi connectivity index (χ3n) is 1.87. The minimum atomic E-state index is -5.53. The van der Waals surface area contributed by atoms with Gasteiger partial charge in [-0.1, -0.05) is 41.9 Å². The summed E-state index contributed by atoms with van der Waals surface area (Å²) in [6, 6.07) is 3.08. The van der Waals surface area contributed by atoms with Crippen molar-refractivity contribution in [2.75, 3.05) is 0 Å². The van der Waals surface area contributed by atoms with Crippen LogP contribution in [0.3, 0.4) is 0 Å². The molecule has 0 heterocycles. The van der Waals surface area contributed by atoms with Crippen molar-refractivity contribution in [3.8, 4) is 0 Å². The number of hydrogen-bond acceptors (Lipinski definition) is 1. The summed E-state index contributed by atoms with van der Waals surface area (Å²) in [5.74, 6) is 0. The average molecular weight is 290 g/mol. The fraction of sp³-hybridized carbons (Fsp3) is 0.300. The molecular formula is C10H6ClF6N. The molecule has 0 aliphatic rings.